The van der Waals surface area contributed by atoms with Crippen molar-refractivity contribution in [2.45, 2.75) is 212 Å². The molecule has 1 saturated heterocycles. The number of unbranched alkanes of at least 4 members (excludes halogenated alkanes) is 6. The van der Waals surface area contributed by atoms with Gasteiger partial charge in [-0.2, -0.15) is 0 Å². The molecule has 1 aliphatic rings. The van der Waals surface area contributed by atoms with Crippen LogP contribution in [0.3, 0.4) is 0 Å². The second-order valence-corrected chi connectivity index (χ2v) is 18.4. The second kappa shape index (κ2) is 51.1. The van der Waals surface area contributed by atoms with Crippen molar-refractivity contribution in [3.8, 4) is 0 Å². The maximum Gasteiger partial charge on any atom is 0.335 e. The van der Waals surface area contributed by atoms with Gasteiger partial charge in [-0.05, 0) is 122 Å². The molecule has 1 rings (SSSR count). The van der Waals surface area contributed by atoms with Crippen LogP contribution in [0.2, 0.25) is 0 Å². The van der Waals surface area contributed by atoms with E-state index in [0.717, 1.165) is 116 Å². The SMILES string of the molecule is CC/C=C\C/C=C\C/C=C\C/C=C\C/C=C\CC(=O)OCC(COC1OC(C(=O)O)C(O)C(O)C1OC(=O)CCCCCC/C=C\C/C=C\C/C=C\C/C=C\CC)OC(=O)CCCC/C=C\C/C=C\C/C=C\C/C=C\CC. The van der Waals surface area contributed by atoms with Gasteiger partial charge in [-0.1, -0.05) is 192 Å². The van der Waals surface area contributed by atoms with Gasteiger partial charge >= 0.3 is 23.9 Å². The van der Waals surface area contributed by atoms with Crippen LogP contribution in [0.5, 0.6) is 0 Å². The van der Waals surface area contributed by atoms with Gasteiger partial charge < -0.3 is 39.0 Å². The number of carbonyl (C=O) groups is 4. The molecule has 1 aliphatic heterocycles. The Morgan fingerprint density at radius 1 is 0.442 bits per heavy atom. The minimum atomic E-state index is -1.94. The number of hydrogen-bond donors (Lipinski definition) is 3. The number of carbonyl (C=O) groups excluding carboxylic acids is 3. The van der Waals surface area contributed by atoms with E-state index >= 15 is 0 Å². The molecule has 1 fully saturated rings. The van der Waals surface area contributed by atoms with Crippen molar-refractivity contribution in [1.82, 2.24) is 0 Å². The van der Waals surface area contributed by atoms with Gasteiger partial charge in [0.05, 0.1) is 13.0 Å². The lowest BCUT2D eigenvalue weighted by Gasteiger charge is -2.40. The molecule has 77 heavy (non-hydrogen) atoms. The Hall–Kier alpha value is -5.66. The average molecular weight is 1070 g/mol. The van der Waals surface area contributed by atoms with Crippen LogP contribution in [0, 0.1) is 0 Å². The van der Waals surface area contributed by atoms with Crippen LogP contribution in [-0.2, 0) is 42.9 Å². The van der Waals surface area contributed by atoms with E-state index in [4.69, 9.17) is 23.7 Å². The molecule has 12 heteroatoms. The van der Waals surface area contributed by atoms with Gasteiger partial charge in [0.2, 0.25) is 0 Å². The van der Waals surface area contributed by atoms with Gasteiger partial charge in [-0.3, -0.25) is 14.4 Å². The van der Waals surface area contributed by atoms with Crippen molar-refractivity contribution >= 4 is 23.9 Å². The smallest absolute Gasteiger partial charge is 0.335 e. The van der Waals surface area contributed by atoms with Crippen LogP contribution in [0.25, 0.3) is 0 Å². The van der Waals surface area contributed by atoms with Crippen molar-refractivity contribution < 1.29 is 58.2 Å². The summed E-state index contributed by atoms with van der Waals surface area (Å²) in [5, 5.41) is 31.5. The highest BCUT2D eigenvalue weighted by Gasteiger charge is 2.50. The van der Waals surface area contributed by atoms with Crippen LogP contribution in [0.15, 0.2) is 158 Å². The summed E-state index contributed by atoms with van der Waals surface area (Å²) >= 11 is 0. The van der Waals surface area contributed by atoms with Crippen molar-refractivity contribution in [2.24, 2.45) is 0 Å². The van der Waals surface area contributed by atoms with Crippen LogP contribution < -0.4 is 0 Å². The molecule has 1 heterocycles. The van der Waals surface area contributed by atoms with E-state index < -0.39 is 73.9 Å². The first-order valence-electron chi connectivity index (χ1n) is 28.5. The predicted octanol–water partition coefficient (Wildman–Crippen LogP) is 14.6. The highest BCUT2D eigenvalue weighted by atomic mass is 16.7. The maximum absolute atomic E-state index is 13.1. The summed E-state index contributed by atoms with van der Waals surface area (Å²) in [7, 11) is 0. The van der Waals surface area contributed by atoms with E-state index in [2.05, 4.69) is 154 Å². The van der Waals surface area contributed by atoms with Crippen LogP contribution in [-0.4, -0.2) is 89.2 Å². The molecule has 0 bridgehead atoms. The molecule has 0 saturated carbocycles. The Bertz CT molecular complexity index is 1940. The number of carboxylic acid groups (broad SMARTS) is 1. The summed E-state index contributed by atoms with van der Waals surface area (Å²) in [5.74, 6) is -3.41. The molecule has 6 atom stereocenters. The highest BCUT2D eigenvalue weighted by Crippen LogP contribution is 2.26. The van der Waals surface area contributed by atoms with Crippen molar-refractivity contribution in [3.63, 3.8) is 0 Å². The molecule has 0 radical (unpaired) electrons. The summed E-state index contributed by atoms with van der Waals surface area (Å²) in [6.07, 6.45) is 62.4. The van der Waals surface area contributed by atoms with E-state index in [-0.39, 0.29) is 19.3 Å². The first-order valence-corrected chi connectivity index (χ1v) is 28.5. The number of allylic oxidation sites excluding steroid dienone is 25. The first-order chi connectivity index (χ1) is 37.6. The number of aliphatic carboxylic acids is 1. The monoisotopic (exact) mass is 1070 g/mol. The topological polar surface area (TPSA) is 175 Å². The zero-order valence-electron chi connectivity index (χ0n) is 46.9. The Balaban J connectivity index is 2.81. The van der Waals surface area contributed by atoms with Crippen molar-refractivity contribution in [3.05, 3.63) is 158 Å². The summed E-state index contributed by atoms with van der Waals surface area (Å²) < 4.78 is 28.2. The average Bonchev–Trinajstić information content (AvgIpc) is 3.42. The lowest BCUT2D eigenvalue weighted by Crippen LogP contribution is -2.61. The number of carboxylic acids is 1. The molecule has 0 aliphatic carbocycles. The third kappa shape index (κ3) is 41.2. The number of aliphatic hydroxyl groups excluding tert-OH is 2. The van der Waals surface area contributed by atoms with Gasteiger partial charge in [0.15, 0.2) is 24.6 Å². The Morgan fingerprint density at radius 3 is 1.26 bits per heavy atom. The third-order valence-corrected chi connectivity index (χ3v) is 11.6. The Morgan fingerprint density at radius 2 is 0.818 bits per heavy atom. The van der Waals surface area contributed by atoms with Gasteiger partial charge in [-0.15, -0.1) is 0 Å². The molecule has 0 aromatic heterocycles. The van der Waals surface area contributed by atoms with Crippen LogP contribution in [0.4, 0.5) is 0 Å². The molecule has 0 spiro atoms. The molecule has 428 valence electrons. The second-order valence-electron chi connectivity index (χ2n) is 18.4. The first kappa shape index (κ1) is 69.4. The lowest BCUT2D eigenvalue weighted by atomic mass is 9.98. The largest absolute Gasteiger partial charge is 0.479 e. The molecule has 0 amide bonds. The fourth-order valence-electron chi connectivity index (χ4n) is 7.36. The van der Waals surface area contributed by atoms with Gasteiger partial charge in [-0.25, -0.2) is 4.79 Å². The summed E-state index contributed by atoms with van der Waals surface area (Å²) in [6.45, 7) is 5.48. The highest BCUT2D eigenvalue weighted by molar-refractivity contribution is 5.74. The quantitative estimate of drug-likeness (QED) is 0.0228. The van der Waals surface area contributed by atoms with Crippen LogP contribution >= 0.6 is 0 Å². The van der Waals surface area contributed by atoms with E-state index in [1.54, 1.807) is 6.08 Å². The summed E-state index contributed by atoms with van der Waals surface area (Å²) in [6, 6.07) is 0. The van der Waals surface area contributed by atoms with Crippen molar-refractivity contribution in [1.29, 1.82) is 0 Å². The molecular formula is C65H96O12. The summed E-state index contributed by atoms with van der Waals surface area (Å²) in [5.41, 5.74) is 0. The predicted molar refractivity (Wildman–Crippen MR) is 312 cm³/mol. The summed E-state index contributed by atoms with van der Waals surface area (Å²) in [4.78, 5) is 51.0. The molecule has 12 nitrogen and oxygen atoms in total. The number of aliphatic hydroxyl groups is 2. The molecule has 6 unspecified atom stereocenters. The van der Waals surface area contributed by atoms with E-state index in [9.17, 15) is 34.5 Å². The Labute approximate surface area is 463 Å². The van der Waals surface area contributed by atoms with E-state index in [0.29, 0.717) is 19.3 Å². The molecular weight excluding hydrogens is 973 g/mol. The van der Waals surface area contributed by atoms with Gasteiger partial charge in [0.1, 0.15) is 18.8 Å². The normalized spacial score (nSPS) is 19.2. The zero-order chi connectivity index (χ0) is 56.1. The van der Waals surface area contributed by atoms with E-state index in [1.165, 1.54) is 0 Å². The fourth-order valence-corrected chi connectivity index (χ4v) is 7.36. The molecule has 3 N–H and O–H groups in total. The molecule has 0 aromatic rings. The third-order valence-electron chi connectivity index (χ3n) is 11.6. The fraction of sp³-hybridized carbons (Fsp3) is 0.538. The number of ether oxygens (including phenoxy) is 5. The standard InChI is InChI=1S/C65H96O12/c1-4-7-10-13-16-19-22-25-28-29-32-35-38-41-44-47-50-53-59(68)76-63-61(70)60(69)62(64(71)72)77-65(63)74-55-56(75-58(67)52-49-46-43-40-37-34-31-27-24-21-18-15-12-9-6-3)54-73-57(66)51-48-45-42-39-36-33-30-26-23-20-17-14-11-8-5-2/h7-12,16-21,25-28,30-32,35-37,39-40,45,48,56,60-63,65,69-70H,4-6,13-15,22-24,29,33-34,38,41-44,46-47,49-55H2,1-3H3,(H,71,72)/b10-7-,11-8-,12-9-,19-16-,20-17-,21-18-,28-25-,30-26-,31-27-,35-32-,39-36-,40-37-,48-45-. The van der Waals surface area contributed by atoms with Gasteiger partial charge in [0, 0.05) is 12.8 Å². The van der Waals surface area contributed by atoms with E-state index in [1.807, 2.05) is 18.2 Å². The number of esters is 3. The number of hydrogen-bond acceptors (Lipinski definition) is 11. The molecule has 0 aromatic carbocycles. The minimum absolute atomic E-state index is 0.00866. The minimum Gasteiger partial charge on any atom is -0.479 e. The maximum atomic E-state index is 13.1. The van der Waals surface area contributed by atoms with Crippen molar-refractivity contribution in [2.75, 3.05) is 13.2 Å². The zero-order valence-corrected chi connectivity index (χ0v) is 46.9. The number of rotatable bonds is 45. The van der Waals surface area contributed by atoms with Crippen LogP contribution in [0.1, 0.15) is 175 Å². The Kier molecular flexibility index (Phi) is 46.0. The lowest BCUT2D eigenvalue weighted by molar-refractivity contribution is -0.301. The van der Waals surface area contributed by atoms with Gasteiger partial charge in [0.25, 0.3) is 0 Å².